The van der Waals surface area contributed by atoms with Gasteiger partial charge in [-0.05, 0) is 56.0 Å². The van der Waals surface area contributed by atoms with Gasteiger partial charge in [-0.2, -0.15) is 13.2 Å². The molecular formula is C23H28F4N6O2. The van der Waals surface area contributed by atoms with Crippen molar-refractivity contribution < 1.29 is 27.5 Å². The minimum atomic E-state index is -4.79. The number of hydrogen-bond donors (Lipinski definition) is 4. The maximum absolute atomic E-state index is 14.3. The van der Waals surface area contributed by atoms with Crippen LogP contribution in [0.15, 0.2) is 24.4 Å². The number of benzene rings is 1. The lowest BCUT2D eigenvalue weighted by Crippen LogP contribution is -2.48. The van der Waals surface area contributed by atoms with Gasteiger partial charge in [-0.25, -0.2) is 19.2 Å². The molecule has 1 fully saturated rings. The van der Waals surface area contributed by atoms with Crippen molar-refractivity contribution in [1.82, 2.24) is 25.5 Å². The van der Waals surface area contributed by atoms with E-state index in [2.05, 4.69) is 25.9 Å². The smallest absolute Gasteiger partial charge is 0.394 e. The van der Waals surface area contributed by atoms with E-state index in [1.165, 1.54) is 6.07 Å². The Morgan fingerprint density at radius 2 is 2.17 bits per heavy atom. The van der Waals surface area contributed by atoms with E-state index >= 15 is 0 Å². The van der Waals surface area contributed by atoms with Crippen LogP contribution < -0.4 is 16.0 Å². The van der Waals surface area contributed by atoms with Gasteiger partial charge in [0.15, 0.2) is 0 Å². The Bertz CT molecular complexity index is 1060. The van der Waals surface area contributed by atoms with E-state index in [0.29, 0.717) is 37.6 Å². The number of aliphatic hydroxyl groups excluding tert-OH is 1. The molecule has 3 heterocycles. The lowest BCUT2D eigenvalue weighted by atomic mass is 9.96. The van der Waals surface area contributed by atoms with Crippen molar-refractivity contribution in [2.75, 3.05) is 25.0 Å². The van der Waals surface area contributed by atoms with Crippen molar-refractivity contribution in [3.05, 3.63) is 52.6 Å². The number of rotatable bonds is 6. The Hall–Kier alpha value is -2.99. The number of amides is 2. The van der Waals surface area contributed by atoms with Crippen LogP contribution in [0.1, 0.15) is 48.2 Å². The molecule has 1 saturated heterocycles. The molecule has 190 valence electrons. The number of anilines is 1. The molecule has 2 aliphatic rings. The monoisotopic (exact) mass is 496 g/mol. The van der Waals surface area contributed by atoms with Gasteiger partial charge < -0.3 is 26.0 Å². The molecule has 4 rings (SSSR count). The number of alkyl halides is 3. The Morgan fingerprint density at radius 3 is 2.83 bits per heavy atom. The zero-order valence-electron chi connectivity index (χ0n) is 19.2. The molecule has 8 nitrogen and oxygen atoms in total. The summed E-state index contributed by atoms with van der Waals surface area (Å²) >= 11 is 0. The Balaban J connectivity index is 1.51. The summed E-state index contributed by atoms with van der Waals surface area (Å²) < 4.78 is 53.4. The number of carbonyl (C=O) groups excluding carboxylic acids is 1. The van der Waals surface area contributed by atoms with Gasteiger partial charge in [0.1, 0.15) is 5.82 Å². The van der Waals surface area contributed by atoms with Crippen molar-refractivity contribution in [2.45, 2.75) is 57.0 Å². The number of nitrogens with zero attached hydrogens (tertiary/aromatic N) is 3. The molecule has 3 unspecified atom stereocenters. The molecule has 0 saturated carbocycles. The average molecular weight is 497 g/mol. The lowest BCUT2D eigenvalue weighted by Gasteiger charge is -2.32. The maximum Gasteiger partial charge on any atom is 0.419 e. The highest BCUT2D eigenvalue weighted by molar-refractivity contribution is 5.75. The molecule has 0 radical (unpaired) electrons. The molecule has 2 amide bonds. The molecule has 4 N–H and O–H groups in total. The van der Waals surface area contributed by atoms with Gasteiger partial charge in [0, 0.05) is 24.8 Å². The second kappa shape index (κ2) is 10.3. The first-order chi connectivity index (χ1) is 16.7. The Morgan fingerprint density at radius 1 is 1.37 bits per heavy atom. The van der Waals surface area contributed by atoms with Crippen molar-refractivity contribution in [3.8, 4) is 0 Å². The van der Waals surface area contributed by atoms with Crippen LogP contribution in [0.2, 0.25) is 0 Å². The average Bonchev–Trinajstić information content (AvgIpc) is 3.35. The first kappa shape index (κ1) is 25.1. The van der Waals surface area contributed by atoms with Crippen LogP contribution in [0.5, 0.6) is 0 Å². The number of hydrogen-bond acceptors (Lipinski definition) is 6. The number of fused-ring (bicyclic) bond motifs is 1. The highest BCUT2D eigenvalue weighted by Gasteiger charge is 2.36. The van der Waals surface area contributed by atoms with Crippen molar-refractivity contribution in [3.63, 3.8) is 0 Å². The SMILES string of the molecule is CC(CO)Nc1ncc2c(n1)CN(C(=O)NC(c1ccc(C(F)(F)F)c(F)c1)C1CCCN1)CC2. The predicted molar refractivity (Wildman–Crippen MR) is 120 cm³/mol. The second-order valence-corrected chi connectivity index (χ2v) is 8.93. The maximum atomic E-state index is 14.3. The van der Waals surface area contributed by atoms with E-state index in [9.17, 15) is 27.5 Å². The Kier molecular flexibility index (Phi) is 7.41. The van der Waals surface area contributed by atoms with Crippen LogP contribution in [0.3, 0.4) is 0 Å². The summed E-state index contributed by atoms with van der Waals surface area (Å²) in [7, 11) is 0. The highest BCUT2D eigenvalue weighted by Crippen LogP contribution is 2.33. The summed E-state index contributed by atoms with van der Waals surface area (Å²) in [6.45, 7) is 3.03. The standard InChI is InChI=1S/C23H28F4N6O2/c1-13(12-34)30-21-29-10-15-6-8-33(11-19(15)31-21)22(35)32-20(18-3-2-7-28-18)14-4-5-16(17(24)9-14)23(25,26)27/h4-5,9-10,13,18,20,28,34H,2-3,6-8,11-12H2,1H3,(H,32,35)(H,29,30,31). The van der Waals surface area contributed by atoms with Crippen LogP contribution in [0.4, 0.5) is 28.3 Å². The summed E-state index contributed by atoms with van der Waals surface area (Å²) in [5.74, 6) is -1.02. The largest absolute Gasteiger partial charge is 0.419 e. The summed E-state index contributed by atoms with van der Waals surface area (Å²) in [5, 5.41) is 18.4. The summed E-state index contributed by atoms with van der Waals surface area (Å²) in [6, 6.07) is 1.21. The van der Waals surface area contributed by atoms with Crippen molar-refractivity contribution in [2.24, 2.45) is 0 Å². The van der Waals surface area contributed by atoms with Crippen LogP contribution in [0, 0.1) is 5.82 Å². The van der Waals surface area contributed by atoms with Gasteiger partial charge in [-0.1, -0.05) is 6.07 Å². The number of carbonyl (C=O) groups is 1. The summed E-state index contributed by atoms with van der Waals surface area (Å²) in [5.41, 5.74) is 0.519. The minimum Gasteiger partial charge on any atom is -0.394 e. The molecule has 2 aromatic rings. The first-order valence-electron chi connectivity index (χ1n) is 11.5. The van der Waals surface area contributed by atoms with Crippen molar-refractivity contribution in [1.29, 1.82) is 0 Å². The normalized spacial score (nSPS) is 19.7. The molecule has 0 spiro atoms. The van der Waals surface area contributed by atoms with Crippen LogP contribution in [-0.2, 0) is 19.1 Å². The summed E-state index contributed by atoms with van der Waals surface area (Å²) in [6.07, 6.45) is -1.02. The summed E-state index contributed by atoms with van der Waals surface area (Å²) in [4.78, 5) is 23.5. The zero-order chi connectivity index (χ0) is 25.2. The second-order valence-electron chi connectivity index (χ2n) is 8.93. The zero-order valence-corrected chi connectivity index (χ0v) is 19.2. The highest BCUT2D eigenvalue weighted by atomic mass is 19.4. The molecule has 12 heteroatoms. The van der Waals surface area contributed by atoms with E-state index in [1.54, 1.807) is 18.0 Å². The molecule has 2 aliphatic heterocycles. The quantitative estimate of drug-likeness (QED) is 0.459. The van der Waals surface area contributed by atoms with Gasteiger partial charge in [0.25, 0.3) is 0 Å². The van der Waals surface area contributed by atoms with Gasteiger partial charge in [-0.3, -0.25) is 0 Å². The fraction of sp³-hybridized carbons (Fsp3) is 0.522. The molecule has 35 heavy (non-hydrogen) atoms. The third-order valence-corrected chi connectivity index (χ3v) is 6.32. The number of halogens is 4. The molecule has 0 bridgehead atoms. The Labute approximate surface area is 200 Å². The fourth-order valence-electron chi connectivity index (χ4n) is 4.40. The van der Waals surface area contributed by atoms with E-state index in [4.69, 9.17) is 0 Å². The van der Waals surface area contributed by atoms with E-state index in [1.807, 2.05) is 0 Å². The van der Waals surface area contributed by atoms with Crippen LogP contribution in [0.25, 0.3) is 0 Å². The molecule has 1 aromatic heterocycles. The van der Waals surface area contributed by atoms with Crippen LogP contribution >= 0.6 is 0 Å². The van der Waals surface area contributed by atoms with E-state index in [-0.39, 0.29) is 30.8 Å². The van der Waals surface area contributed by atoms with Gasteiger partial charge >= 0.3 is 12.2 Å². The number of urea groups is 1. The third kappa shape index (κ3) is 5.81. The third-order valence-electron chi connectivity index (χ3n) is 6.32. The van der Waals surface area contributed by atoms with Crippen LogP contribution in [-0.4, -0.2) is 57.8 Å². The van der Waals surface area contributed by atoms with Gasteiger partial charge in [0.05, 0.1) is 30.5 Å². The fourth-order valence-corrected chi connectivity index (χ4v) is 4.40. The molecular weight excluding hydrogens is 468 g/mol. The van der Waals surface area contributed by atoms with Gasteiger partial charge in [-0.15, -0.1) is 0 Å². The number of aromatic nitrogens is 2. The number of aliphatic hydroxyl groups is 1. The molecule has 3 atom stereocenters. The van der Waals surface area contributed by atoms with E-state index < -0.39 is 29.6 Å². The van der Waals surface area contributed by atoms with E-state index in [0.717, 1.165) is 24.1 Å². The predicted octanol–water partition coefficient (Wildman–Crippen LogP) is 2.99. The van der Waals surface area contributed by atoms with Gasteiger partial charge in [0.2, 0.25) is 5.95 Å². The van der Waals surface area contributed by atoms with Crippen molar-refractivity contribution >= 4 is 12.0 Å². The lowest BCUT2D eigenvalue weighted by molar-refractivity contribution is -0.140. The number of nitrogens with one attached hydrogen (secondary N) is 3. The topological polar surface area (TPSA) is 102 Å². The first-order valence-corrected chi connectivity index (χ1v) is 11.5. The molecule has 0 aliphatic carbocycles. The molecule has 1 aromatic carbocycles. The minimum absolute atomic E-state index is 0.0872.